The van der Waals surface area contributed by atoms with Crippen molar-refractivity contribution >= 4 is 0 Å². The number of nitrogens with zero attached hydrogens (tertiary/aromatic N) is 3. The molecule has 1 aromatic heterocycles. The van der Waals surface area contributed by atoms with Gasteiger partial charge in [0.15, 0.2) is 17.4 Å². The molecule has 84 valence electrons. The largest absolute Gasteiger partial charge is 0.494 e. The van der Waals surface area contributed by atoms with Crippen molar-refractivity contribution in [2.45, 2.75) is 13.5 Å². The summed E-state index contributed by atoms with van der Waals surface area (Å²) in [6.45, 7) is 2.76. The molecule has 2 aromatic rings. The van der Waals surface area contributed by atoms with Crippen LogP contribution in [-0.2, 0) is 6.54 Å². The minimum absolute atomic E-state index is 0.211. The fourth-order valence-corrected chi connectivity index (χ4v) is 1.51. The highest BCUT2D eigenvalue weighted by Crippen LogP contribution is 2.24. The summed E-state index contributed by atoms with van der Waals surface area (Å²) in [6.07, 6.45) is 1.64. The normalized spacial score (nSPS) is 10.4. The first-order valence-electron chi connectivity index (χ1n) is 4.98. The van der Waals surface area contributed by atoms with Crippen LogP contribution in [0.15, 0.2) is 24.5 Å². The van der Waals surface area contributed by atoms with Crippen LogP contribution in [0.2, 0.25) is 0 Å². The summed E-state index contributed by atoms with van der Waals surface area (Å²) in [5, 5.41) is 7.82. The summed E-state index contributed by atoms with van der Waals surface area (Å²) in [4.78, 5) is 0. The molecular weight excluding hydrogens is 209 g/mol. The van der Waals surface area contributed by atoms with Gasteiger partial charge < -0.3 is 9.30 Å². The predicted molar refractivity (Wildman–Crippen MR) is 57.6 cm³/mol. The number of halogens is 1. The number of hydrogen-bond donors (Lipinski definition) is 0. The fourth-order valence-electron chi connectivity index (χ4n) is 1.51. The van der Waals surface area contributed by atoms with Gasteiger partial charge in [-0.05, 0) is 25.1 Å². The van der Waals surface area contributed by atoms with Crippen LogP contribution in [0, 0.1) is 5.82 Å². The van der Waals surface area contributed by atoms with E-state index in [9.17, 15) is 4.39 Å². The van der Waals surface area contributed by atoms with Gasteiger partial charge in [0.1, 0.15) is 6.33 Å². The zero-order chi connectivity index (χ0) is 11.5. The molecule has 2 rings (SSSR count). The van der Waals surface area contributed by atoms with Crippen LogP contribution < -0.4 is 4.74 Å². The molecule has 16 heavy (non-hydrogen) atoms. The first-order valence-corrected chi connectivity index (χ1v) is 4.98. The first-order chi connectivity index (χ1) is 7.76. The molecule has 0 saturated carbocycles. The summed E-state index contributed by atoms with van der Waals surface area (Å²) in [5.41, 5.74) is 0.789. The van der Waals surface area contributed by atoms with E-state index in [1.165, 1.54) is 13.2 Å². The van der Waals surface area contributed by atoms with Gasteiger partial charge in [-0.15, -0.1) is 10.2 Å². The third-order valence-electron chi connectivity index (χ3n) is 2.37. The molecule has 0 bridgehead atoms. The lowest BCUT2D eigenvalue weighted by molar-refractivity contribution is 0.386. The highest BCUT2D eigenvalue weighted by Gasteiger charge is 2.09. The van der Waals surface area contributed by atoms with Crippen LogP contribution in [0.5, 0.6) is 5.75 Å². The van der Waals surface area contributed by atoms with Crippen LogP contribution in [0.3, 0.4) is 0 Å². The molecule has 0 saturated heterocycles. The summed E-state index contributed by atoms with van der Waals surface area (Å²) in [6, 6.07) is 4.64. The summed E-state index contributed by atoms with van der Waals surface area (Å²) in [7, 11) is 1.44. The number of methoxy groups -OCH3 is 1. The highest BCUT2D eigenvalue weighted by molar-refractivity contribution is 5.57. The molecule has 0 aliphatic rings. The van der Waals surface area contributed by atoms with Crippen molar-refractivity contribution in [3.8, 4) is 17.1 Å². The second-order valence-electron chi connectivity index (χ2n) is 3.29. The molecule has 0 N–H and O–H groups in total. The molecular formula is C11H12FN3O. The van der Waals surface area contributed by atoms with Gasteiger partial charge in [-0.25, -0.2) is 4.39 Å². The molecule has 0 aliphatic carbocycles. The zero-order valence-corrected chi connectivity index (χ0v) is 9.14. The number of hydrogen-bond acceptors (Lipinski definition) is 3. The molecule has 0 amide bonds. The van der Waals surface area contributed by atoms with Crippen molar-refractivity contribution in [3.05, 3.63) is 30.3 Å². The molecule has 0 radical (unpaired) electrons. The standard InChI is InChI=1S/C11H12FN3O/c1-3-15-7-13-14-11(15)8-4-5-9(12)10(6-8)16-2/h4-7H,3H2,1-2H3. The van der Waals surface area contributed by atoms with E-state index in [0.717, 1.165) is 12.1 Å². The molecule has 1 aromatic carbocycles. The van der Waals surface area contributed by atoms with E-state index in [0.29, 0.717) is 5.82 Å². The zero-order valence-electron chi connectivity index (χ0n) is 9.14. The average molecular weight is 221 g/mol. The van der Waals surface area contributed by atoms with Gasteiger partial charge in [0.2, 0.25) is 0 Å². The van der Waals surface area contributed by atoms with Gasteiger partial charge in [0.05, 0.1) is 7.11 Å². The summed E-state index contributed by atoms with van der Waals surface area (Å²) in [5.74, 6) is 0.540. The highest BCUT2D eigenvalue weighted by atomic mass is 19.1. The average Bonchev–Trinajstić information content (AvgIpc) is 2.78. The Bertz CT molecular complexity index is 496. The van der Waals surface area contributed by atoms with E-state index in [1.807, 2.05) is 11.5 Å². The maximum Gasteiger partial charge on any atom is 0.165 e. The first kappa shape index (κ1) is 10.6. The van der Waals surface area contributed by atoms with Crippen LogP contribution >= 0.6 is 0 Å². The van der Waals surface area contributed by atoms with Gasteiger partial charge >= 0.3 is 0 Å². The quantitative estimate of drug-likeness (QED) is 0.797. The smallest absolute Gasteiger partial charge is 0.165 e. The number of rotatable bonds is 3. The number of benzene rings is 1. The molecule has 0 fully saturated rings. The summed E-state index contributed by atoms with van der Waals surface area (Å²) < 4.78 is 20.0. The van der Waals surface area contributed by atoms with Crippen LogP contribution in [0.25, 0.3) is 11.4 Å². The van der Waals surface area contributed by atoms with Crippen molar-refractivity contribution in [1.82, 2.24) is 14.8 Å². The lowest BCUT2D eigenvalue weighted by Gasteiger charge is -2.06. The molecule has 0 spiro atoms. The Balaban J connectivity index is 2.48. The van der Waals surface area contributed by atoms with Crippen molar-refractivity contribution in [1.29, 1.82) is 0 Å². The van der Waals surface area contributed by atoms with Crippen LogP contribution in [0.1, 0.15) is 6.92 Å². The van der Waals surface area contributed by atoms with Gasteiger partial charge in [-0.2, -0.15) is 0 Å². The fraction of sp³-hybridized carbons (Fsp3) is 0.273. The van der Waals surface area contributed by atoms with Crippen LogP contribution in [-0.4, -0.2) is 21.9 Å². The maximum atomic E-state index is 13.2. The van der Waals surface area contributed by atoms with Crippen molar-refractivity contribution < 1.29 is 9.13 Å². The second-order valence-corrected chi connectivity index (χ2v) is 3.29. The van der Waals surface area contributed by atoms with Gasteiger partial charge in [-0.1, -0.05) is 0 Å². The Hall–Kier alpha value is -1.91. The van der Waals surface area contributed by atoms with Gasteiger partial charge in [-0.3, -0.25) is 0 Å². The predicted octanol–water partition coefficient (Wildman–Crippen LogP) is 2.11. The Kier molecular flexibility index (Phi) is 2.85. The molecule has 0 unspecified atom stereocenters. The second kappa shape index (κ2) is 4.30. The Labute approximate surface area is 92.7 Å². The Morgan fingerprint density at radius 2 is 2.25 bits per heavy atom. The van der Waals surface area contributed by atoms with Crippen molar-refractivity contribution in [2.24, 2.45) is 0 Å². The van der Waals surface area contributed by atoms with E-state index in [1.54, 1.807) is 18.5 Å². The maximum absolute atomic E-state index is 13.2. The minimum Gasteiger partial charge on any atom is -0.494 e. The topological polar surface area (TPSA) is 39.9 Å². The Morgan fingerprint density at radius 1 is 1.44 bits per heavy atom. The van der Waals surface area contributed by atoms with Gasteiger partial charge in [0, 0.05) is 12.1 Å². The third-order valence-corrected chi connectivity index (χ3v) is 2.37. The van der Waals surface area contributed by atoms with Gasteiger partial charge in [0.25, 0.3) is 0 Å². The molecule has 1 heterocycles. The minimum atomic E-state index is -0.381. The summed E-state index contributed by atoms with van der Waals surface area (Å²) >= 11 is 0. The number of ether oxygens (including phenoxy) is 1. The third kappa shape index (κ3) is 1.76. The molecule has 5 heteroatoms. The van der Waals surface area contributed by atoms with E-state index in [4.69, 9.17) is 4.74 Å². The van der Waals surface area contributed by atoms with E-state index < -0.39 is 0 Å². The van der Waals surface area contributed by atoms with E-state index >= 15 is 0 Å². The molecule has 0 atom stereocenters. The van der Waals surface area contributed by atoms with Crippen molar-refractivity contribution in [3.63, 3.8) is 0 Å². The lowest BCUT2D eigenvalue weighted by atomic mass is 10.2. The van der Waals surface area contributed by atoms with Crippen LogP contribution in [0.4, 0.5) is 4.39 Å². The lowest BCUT2D eigenvalue weighted by Crippen LogP contribution is -1.97. The van der Waals surface area contributed by atoms with E-state index in [-0.39, 0.29) is 11.6 Å². The van der Waals surface area contributed by atoms with E-state index in [2.05, 4.69) is 10.2 Å². The number of aryl methyl sites for hydroxylation is 1. The molecule has 4 nitrogen and oxygen atoms in total. The monoisotopic (exact) mass is 221 g/mol. The molecule has 0 aliphatic heterocycles. The number of aromatic nitrogens is 3. The van der Waals surface area contributed by atoms with Crippen molar-refractivity contribution in [2.75, 3.05) is 7.11 Å². The Morgan fingerprint density at radius 3 is 2.94 bits per heavy atom. The SMILES string of the molecule is CCn1cnnc1-c1ccc(F)c(OC)c1.